The Morgan fingerprint density at radius 3 is 2.89 bits per heavy atom. The zero-order valence-corrected chi connectivity index (χ0v) is 12.2. The number of thiophene rings is 1. The Kier molecular flexibility index (Phi) is 4.28. The Hall–Kier alpha value is -1.73. The molecule has 2 aromatic rings. The van der Waals surface area contributed by atoms with Crippen LogP contribution in [0.1, 0.15) is 20.0 Å². The third-order valence-corrected chi connectivity index (χ3v) is 3.58. The molecular weight excluding hydrogens is 332 g/mol. The van der Waals surface area contributed by atoms with E-state index in [9.17, 15) is 9.59 Å². The van der Waals surface area contributed by atoms with Crippen molar-refractivity contribution in [3.8, 4) is 0 Å². The van der Waals surface area contributed by atoms with Crippen LogP contribution in [0.4, 0.5) is 5.69 Å². The molecule has 0 bridgehead atoms. The summed E-state index contributed by atoms with van der Waals surface area (Å²) in [7, 11) is 1.30. The zero-order valence-electron chi connectivity index (χ0n) is 9.84. The number of halogens is 1. The SMILES string of the molecule is COC(=O)c1sccc1NC(=O)c1cncc(Br)c1. The smallest absolute Gasteiger partial charge is 0.350 e. The van der Waals surface area contributed by atoms with Crippen molar-refractivity contribution in [2.24, 2.45) is 0 Å². The number of hydrogen-bond acceptors (Lipinski definition) is 5. The van der Waals surface area contributed by atoms with Crippen molar-refractivity contribution in [2.75, 3.05) is 12.4 Å². The number of carbonyl (C=O) groups is 2. The molecule has 0 unspecified atom stereocenters. The quantitative estimate of drug-likeness (QED) is 0.872. The maximum atomic E-state index is 12.0. The molecular formula is C12H9BrN2O3S. The number of rotatable bonds is 3. The first-order valence-corrected chi connectivity index (χ1v) is 6.87. The van der Waals surface area contributed by atoms with E-state index in [2.05, 4.69) is 31.0 Å². The van der Waals surface area contributed by atoms with Crippen LogP contribution in [-0.2, 0) is 4.74 Å². The van der Waals surface area contributed by atoms with Crippen molar-refractivity contribution in [3.05, 3.63) is 44.8 Å². The van der Waals surface area contributed by atoms with Crippen molar-refractivity contribution in [3.63, 3.8) is 0 Å². The first kappa shape index (κ1) is 13.7. The van der Waals surface area contributed by atoms with Gasteiger partial charge in [-0.15, -0.1) is 11.3 Å². The first-order chi connectivity index (χ1) is 9.11. The minimum Gasteiger partial charge on any atom is -0.465 e. The van der Waals surface area contributed by atoms with E-state index in [1.165, 1.54) is 24.6 Å². The molecule has 0 radical (unpaired) electrons. The van der Waals surface area contributed by atoms with Crippen molar-refractivity contribution in [1.82, 2.24) is 4.98 Å². The summed E-state index contributed by atoms with van der Waals surface area (Å²) in [6.07, 6.45) is 3.03. The lowest BCUT2D eigenvalue weighted by Crippen LogP contribution is -2.14. The average molecular weight is 341 g/mol. The van der Waals surface area contributed by atoms with E-state index in [1.807, 2.05) is 0 Å². The minimum atomic E-state index is -0.474. The summed E-state index contributed by atoms with van der Waals surface area (Å²) in [5.41, 5.74) is 0.832. The highest BCUT2D eigenvalue weighted by molar-refractivity contribution is 9.10. The third kappa shape index (κ3) is 3.18. The van der Waals surface area contributed by atoms with Gasteiger partial charge in [-0.1, -0.05) is 0 Å². The van der Waals surface area contributed by atoms with Gasteiger partial charge in [-0.05, 0) is 33.4 Å². The number of ether oxygens (including phenoxy) is 1. The number of pyridine rings is 1. The van der Waals surface area contributed by atoms with Crippen LogP contribution in [0, 0.1) is 0 Å². The third-order valence-electron chi connectivity index (χ3n) is 2.25. The fourth-order valence-corrected chi connectivity index (χ4v) is 2.52. The summed E-state index contributed by atoms with van der Waals surface area (Å²) in [5, 5.41) is 4.37. The van der Waals surface area contributed by atoms with Gasteiger partial charge in [0.15, 0.2) is 0 Å². The Bertz CT molecular complexity index is 627. The molecule has 98 valence electrons. The second-order valence-corrected chi connectivity index (χ2v) is 5.33. The number of aromatic nitrogens is 1. The molecule has 0 saturated heterocycles. The minimum absolute atomic E-state index is 0.336. The molecule has 0 saturated carbocycles. The van der Waals surface area contributed by atoms with Gasteiger partial charge in [-0.2, -0.15) is 0 Å². The van der Waals surface area contributed by atoms with Gasteiger partial charge in [-0.25, -0.2) is 4.79 Å². The Morgan fingerprint density at radius 2 is 2.21 bits per heavy atom. The molecule has 5 nitrogen and oxygen atoms in total. The lowest BCUT2D eigenvalue weighted by Gasteiger charge is -2.05. The predicted octanol–water partition coefficient (Wildman–Crippen LogP) is 2.94. The standard InChI is InChI=1S/C12H9BrN2O3S/c1-18-12(17)10-9(2-3-19-10)15-11(16)7-4-8(13)6-14-5-7/h2-6H,1H3,(H,15,16). The van der Waals surface area contributed by atoms with Gasteiger partial charge in [0.05, 0.1) is 18.4 Å². The van der Waals surface area contributed by atoms with Crippen molar-refractivity contribution >= 4 is 44.8 Å². The summed E-state index contributed by atoms with van der Waals surface area (Å²) >= 11 is 4.45. The first-order valence-electron chi connectivity index (χ1n) is 5.19. The second-order valence-electron chi connectivity index (χ2n) is 3.50. The number of nitrogens with zero attached hydrogens (tertiary/aromatic N) is 1. The van der Waals surface area contributed by atoms with Gasteiger partial charge >= 0.3 is 5.97 Å². The molecule has 2 rings (SSSR count). The molecule has 0 aliphatic heterocycles. The second kappa shape index (κ2) is 5.94. The van der Waals surface area contributed by atoms with Gasteiger partial charge in [0.1, 0.15) is 4.88 Å². The normalized spacial score (nSPS) is 10.0. The fraction of sp³-hybridized carbons (Fsp3) is 0.0833. The van der Waals surface area contributed by atoms with Crippen LogP contribution in [0.2, 0.25) is 0 Å². The van der Waals surface area contributed by atoms with Crippen LogP contribution >= 0.6 is 27.3 Å². The van der Waals surface area contributed by atoms with Crippen LogP contribution in [0.3, 0.4) is 0 Å². The van der Waals surface area contributed by atoms with E-state index in [0.717, 1.165) is 0 Å². The van der Waals surface area contributed by atoms with Crippen molar-refractivity contribution in [1.29, 1.82) is 0 Å². The predicted molar refractivity (Wildman–Crippen MR) is 75.5 cm³/mol. The van der Waals surface area contributed by atoms with Crippen molar-refractivity contribution in [2.45, 2.75) is 0 Å². The van der Waals surface area contributed by atoms with Crippen LogP contribution in [0.15, 0.2) is 34.4 Å². The van der Waals surface area contributed by atoms with E-state index >= 15 is 0 Å². The van der Waals surface area contributed by atoms with E-state index < -0.39 is 5.97 Å². The number of hydrogen-bond donors (Lipinski definition) is 1. The lowest BCUT2D eigenvalue weighted by molar-refractivity contribution is 0.0607. The topological polar surface area (TPSA) is 68.3 Å². The molecule has 0 spiro atoms. The Labute approximate surface area is 121 Å². The number of nitrogens with one attached hydrogen (secondary N) is 1. The molecule has 1 amide bonds. The van der Waals surface area contributed by atoms with Gasteiger partial charge in [0.25, 0.3) is 5.91 Å². The number of amides is 1. The lowest BCUT2D eigenvalue weighted by atomic mass is 10.2. The molecule has 0 atom stereocenters. The van der Waals surface area contributed by atoms with E-state index in [-0.39, 0.29) is 5.91 Å². The highest BCUT2D eigenvalue weighted by atomic mass is 79.9. The number of anilines is 1. The zero-order chi connectivity index (χ0) is 13.8. The van der Waals surface area contributed by atoms with Gasteiger partial charge in [0, 0.05) is 16.9 Å². The summed E-state index contributed by atoms with van der Waals surface area (Å²) in [4.78, 5) is 27.8. The Balaban J connectivity index is 2.20. The Morgan fingerprint density at radius 1 is 1.42 bits per heavy atom. The highest BCUT2D eigenvalue weighted by Gasteiger charge is 2.16. The molecule has 0 fully saturated rings. The van der Waals surface area contributed by atoms with Crippen LogP contribution in [0.5, 0.6) is 0 Å². The maximum Gasteiger partial charge on any atom is 0.350 e. The maximum absolute atomic E-state index is 12.0. The van der Waals surface area contributed by atoms with E-state index in [0.29, 0.717) is 20.6 Å². The molecule has 1 N–H and O–H groups in total. The molecule has 0 aliphatic rings. The largest absolute Gasteiger partial charge is 0.465 e. The molecule has 19 heavy (non-hydrogen) atoms. The van der Waals surface area contributed by atoms with Crippen LogP contribution < -0.4 is 5.32 Å². The summed E-state index contributed by atoms with van der Waals surface area (Å²) < 4.78 is 5.35. The van der Waals surface area contributed by atoms with Gasteiger partial charge < -0.3 is 10.1 Å². The highest BCUT2D eigenvalue weighted by Crippen LogP contribution is 2.23. The van der Waals surface area contributed by atoms with Crippen LogP contribution in [0.25, 0.3) is 0 Å². The fourth-order valence-electron chi connectivity index (χ4n) is 1.39. The number of esters is 1. The monoisotopic (exact) mass is 340 g/mol. The molecule has 7 heteroatoms. The van der Waals surface area contributed by atoms with Crippen LogP contribution in [-0.4, -0.2) is 24.0 Å². The molecule has 2 aromatic heterocycles. The van der Waals surface area contributed by atoms with E-state index in [4.69, 9.17) is 0 Å². The summed E-state index contributed by atoms with van der Waals surface area (Å²) in [6, 6.07) is 3.30. The van der Waals surface area contributed by atoms with Gasteiger partial charge in [-0.3, -0.25) is 9.78 Å². The van der Waals surface area contributed by atoms with Gasteiger partial charge in [0.2, 0.25) is 0 Å². The summed E-state index contributed by atoms with van der Waals surface area (Å²) in [6.45, 7) is 0. The number of methoxy groups -OCH3 is 1. The number of carbonyl (C=O) groups excluding carboxylic acids is 2. The van der Waals surface area contributed by atoms with E-state index in [1.54, 1.807) is 23.7 Å². The summed E-state index contributed by atoms with van der Waals surface area (Å²) in [5.74, 6) is -0.810. The molecule has 2 heterocycles. The molecule has 0 aliphatic carbocycles. The molecule has 0 aromatic carbocycles. The van der Waals surface area contributed by atoms with Crippen molar-refractivity contribution < 1.29 is 14.3 Å². The average Bonchev–Trinajstić information content (AvgIpc) is 2.86.